The number of carbonyl (C=O) groups excluding carboxylic acids is 2. The highest BCUT2D eigenvalue weighted by Gasteiger charge is 2.21. The van der Waals surface area contributed by atoms with Crippen molar-refractivity contribution in [2.24, 2.45) is 0 Å². The maximum atomic E-state index is 12.7. The number of quaternary nitrogens is 1. The fraction of sp³-hybridized carbons (Fsp3) is 0.696. The second-order valence-electron chi connectivity index (χ2n) is 15.3. The maximum absolute atomic E-state index is 12.7. The molecule has 0 aliphatic carbocycles. The fourth-order valence-electron chi connectivity index (χ4n) is 5.32. The minimum Gasteiger partial charge on any atom is -0.756 e. The van der Waals surface area contributed by atoms with Gasteiger partial charge < -0.3 is 27.9 Å². The van der Waals surface area contributed by atoms with Crippen LogP contribution in [0.5, 0.6) is 0 Å². The molecule has 0 fully saturated rings. The van der Waals surface area contributed by atoms with Crippen LogP contribution in [0.3, 0.4) is 0 Å². The SMILES string of the molecule is CC/C=C\C/C=C\C/C=C\CCCCCCCC(=O)OC[C@H](COP(=O)([O-])OCC[N+](C)(C)C)OC(=O)CCCCCC/C=C\C/C=C\C/C=C\CCCCC. The van der Waals surface area contributed by atoms with Gasteiger partial charge in [0.2, 0.25) is 0 Å². The van der Waals surface area contributed by atoms with Crippen LogP contribution >= 0.6 is 7.82 Å². The lowest BCUT2D eigenvalue weighted by Crippen LogP contribution is -2.37. The normalized spacial score (nSPS) is 14.3. The summed E-state index contributed by atoms with van der Waals surface area (Å²) in [4.78, 5) is 37.5. The van der Waals surface area contributed by atoms with Crippen molar-refractivity contribution in [1.29, 1.82) is 0 Å². The number of phosphoric acid groups is 1. The van der Waals surface area contributed by atoms with E-state index in [1.807, 2.05) is 21.1 Å². The van der Waals surface area contributed by atoms with Crippen molar-refractivity contribution in [2.75, 3.05) is 47.5 Å². The summed E-state index contributed by atoms with van der Waals surface area (Å²) in [6.07, 6.45) is 46.4. The fourth-order valence-corrected chi connectivity index (χ4v) is 6.05. The molecule has 0 aromatic carbocycles. The number of likely N-dealkylation sites (N-methyl/N-ethyl adjacent to an activating group) is 1. The number of hydrogen-bond donors (Lipinski definition) is 0. The molecule has 322 valence electrons. The molecule has 0 rings (SSSR count). The second kappa shape index (κ2) is 38.0. The topological polar surface area (TPSA) is 111 Å². The first kappa shape index (κ1) is 53.5. The molecule has 0 aliphatic rings. The quantitative estimate of drug-likeness (QED) is 0.0199. The van der Waals surface area contributed by atoms with E-state index in [2.05, 4.69) is 86.8 Å². The Balaban J connectivity index is 4.46. The molecular formula is C46H80NO8P. The lowest BCUT2D eigenvalue weighted by atomic mass is 10.1. The van der Waals surface area contributed by atoms with Gasteiger partial charge in [-0.25, -0.2) is 0 Å². The summed E-state index contributed by atoms with van der Waals surface area (Å²) in [5.41, 5.74) is 0. The Bertz CT molecular complexity index is 1180. The molecule has 1 unspecified atom stereocenters. The summed E-state index contributed by atoms with van der Waals surface area (Å²) >= 11 is 0. The van der Waals surface area contributed by atoms with Gasteiger partial charge in [0.05, 0.1) is 27.7 Å². The molecule has 2 atom stereocenters. The third-order valence-corrected chi connectivity index (χ3v) is 9.67. The van der Waals surface area contributed by atoms with Gasteiger partial charge >= 0.3 is 11.9 Å². The molecule has 0 aliphatic heterocycles. The molecule has 56 heavy (non-hydrogen) atoms. The van der Waals surface area contributed by atoms with Crippen LogP contribution in [0.15, 0.2) is 72.9 Å². The number of phosphoric ester groups is 1. The van der Waals surface area contributed by atoms with E-state index in [1.54, 1.807) is 0 Å². The van der Waals surface area contributed by atoms with Gasteiger partial charge in [0.15, 0.2) is 6.10 Å². The predicted molar refractivity (Wildman–Crippen MR) is 231 cm³/mol. The molecule has 0 amide bonds. The highest BCUT2D eigenvalue weighted by molar-refractivity contribution is 7.45. The number of carbonyl (C=O) groups is 2. The molecule has 0 aromatic rings. The van der Waals surface area contributed by atoms with Gasteiger partial charge in [-0.05, 0) is 83.5 Å². The number of rotatable bonds is 38. The van der Waals surface area contributed by atoms with Crippen LogP contribution < -0.4 is 4.89 Å². The zero-order chi connectivity index (χ0) is 41.4. The van der Waals surface area contributed by atoms with E-state index in [0.717, 1.165) is 89.9 Å². The van der Waals surface area contributed by atoms with Gasteiger partial charge in [-0.1, -0.05) is 132 Å². The minimum atomic E-state index is -4.64. The number of unbranched alkanes of at least 4 members (excludes halogenated alkanes) is 12. The summed E-state index contributed by atoms with van der Waals surface area (Å²) in [7, 11) is 1.13. The van der Waals surface area contributed by atoms with Crippen molar-refractivity contribution < 1.29 is 42.1 Å². The lowest BCUT2D eigenvalue weighted by Gasteiger charge is -2.28. The molecule has 0 radical (unpaired) electrons. The molecular weight excluding hydrogens is 725 g/mol. The van der Waals surface area contributed by atoms with Crippen LogP contribution in [0.25, 0.3) is 0 Å². The van der Waals surface area contributed by atoms with Gasteiger partial charge in [0.1, 0.15) is 19.8 Å². The largest absolute Gasteiger partial charge is 0.756 e. The molecule has 0 saturated heterocycles. The van der Waals surface area contributed by atoms with E-state index in [0.29, 0.717) is 23.9 Å². The van der Waals surface area contributed by atoms with E-state index in [-0.39, 0.29) is 26.1 Å². The van der Waals surface area contributed by atoms with Gasteiger partial charge in [0.25, 0.3) is 7.82 Å². The third kappa shape index (κ3) is 41.1. The molecule has 0 aromatic heterocycles. The average molecular weight is 806 g/mol. The smallest absolute Gasteiger partial charge is 0.306 e. The summed E-state index contributed by atoms with van der Waals surface area (Å²) in [5.74, 6) is -0.887. The van der Waals surface area contributed by atoms with Crippen LogP contribution in [0, 0.1) is 0 Å². The number of hydrogen-bond acceptors (Lipinski definition) is 8. The Morgan fingerprint density at radius 2 is 1.02 bits per heavy atom. The summed E-state index contributed by atoms with van der Waals surface area (Å²) in [6, 6.07) is 0. The predicted octanol–water partition coefficient (Wildman–Crippen LogP) is 11.6. The number of nitrogens with zero attached hydrogens (tertiary/aromatic N) is 1. The van der Waals surface area contributed by atoms with Crippen molar-refractivity contribution in [2.45, 2.75) is 161 Å². The van der Waals surface area contributed by atoms with Crippen LogP contribution in [0.1, 0.15) is 155 Å². The van der Waals surface area contributed by atoms with E-state index < -0.39 is 32.5 Å². The first-order chi connectivity index (χ1) is 27.0. The molecule has 0 N–H and O–H groups in total. The first-order valence-electron chi connectivity index (χ1n) is 21.6. The van der Waals surface area contributed by atoms with Crippen LogP contribution in [-0.2, 0) is 32.7 Å². The monoisotopic (exact) mass is 806 g/mol. The van der Waals surface area contributed by atoms with Crippen LogP contribution in [-0.4, -0.2) is 70.0 Å². The molecule has 0 bridgehead atoms. The van der Waals surface area contributed by atoms with Gasteiger partial charge in [-0.2, -0.15) is 0 Å². The molecule has 0 saturated carbocycles. The lowest BCUT2D eigenvalue weighted by molar-refractivity contribution is -0.870. The van der Waals surface area contributed by atoms with Crippen LogP contribution in [0.2, 0.25) is 0 Å². The zero-order valence-corrected chi connectivity index (χ0v) is 36.9. The van der Waals surface area contributed by atoms with Crippen molar-refractivity contribution in [3.63, 3.8) is 0 Å². The minimum absolute atomic E-state index is 0.0423. The zero-order valence-electron chi connectivity index (χ0n) is 36.1. The molecule has 0 spiro atoms. The summed E-state index contributed by atoms with van der Waals surface area (Å²) in [6.45, 7) is 4.02. The molecule has 0 heterocycles. The van der Waals surface area contributed by atoms with Gasteiger partial charge in [-0.15, -0.1) is 0 Å². The molecule has 10 heteroatoms. The third-order valence-electron chi connectivity index (χ3n) is 8.71. The highest BCUT2D eigenvalue weighted by Crippen LogP contribution is 2.38. The van der Waals surface area contributed by atoms with E-state index in [9.17, 15) is 19.0 Å². The standard InChI is InChI=1S/C46H80NO8P/c1-6-8-10-12-14-16-18-20-22-23-25-27-29-31-33-35-37-39-46(49)55-44(43-54-56(50,51)53-41-40-47(3,4)5)42-52-45(48)38-36-34-32-30-28-26-24-21-19-17-15-13-11-9-7-2/h9,11,14-17,20-22,24-25,27,44H,6-8,10,12-13,18-19,23,26,28-43H2,1-5H3/b11-9-,16-14-,17-15-,22-20-,24-21-,27-25-/t44-/m1/s1. The maximum Gasteiger partial charge on any atom is 0.306 e. The number of esters is 2. The molecule has 9 nitrogen and oxygen atoms in total. The van der Waals surface area contributed by atoms with Gasteiger partial charge in [0, 0.05) is 12.8 Å². The van der Waals surface area contributed by atoms with Crippen molar-refractivity contribution >= 4 is 19.8 Å². The Morgan fingerprint density at radius 1 is 0.571 bits per heavy atom. The van der Waals surface area contributed by atoms with Crippen molar-refractivity contribution in [3.8, 4) is 0 Å². The van der Waals surface area contributed by atoms with Crippen molar-refractivity contribution in [3.05, 3.63) is 72.9 Å². The Labute approximate surface area is 342 Å². The van der Waals surface area contributed by atoms with Crippen LogP contribution in [0.4, 0.5) is 0 Å². The van der Waals surface area contributed by atoms with Gasteiger partial charge in [-0.3, -0.25) is 14.2 Å². The average Bonchev–Trinajstić information content (AvgIpc) is 3.15. The number of ether oxygens (including phenoxy) is 2. The first-order valence-corrected chi connectivity index (χ1v) is 23.1. The van der Waals surface area contributed by atoms with E-state index in [4.69, 9.17) is 18.5 Å². The summed E-state index contributed by atoms with van der Waals surface area (Å²) in [5, 5.41) is 0. The highest BCUT2D eigenvalue weighted by atomic mass is 31.2. The Kier molecular flexibility index (Phi) is 36.3. The number of allylic oxidation sites excluding steroid dienone is 12. The summed E-state index contributed by atoms with van der Waals surface area (Å²) < 4.78 is 33.8. The second-order valence-corrected chi connectivity index (χ2v) is 16.7. The van der Waals surface area contributed by atoms with Crippen molar-refractivity contribution in [1.82, 2.24) is 0 Å². The Hall–Kier alpha value is -2.55. The van der Waals surface area contributed by atoms with E-state index >= 15 is 0 Å². The van der Waals surface area contributed by atoms with E-state index in [1.165, 1.54) is 25.7 Å². The Morgan fingerprint density at radius 3 is 1.52 bits per heavy atom.